The molecular weight excluding hydrogens is 321 g/mol. The molecule has 3 rings (SSSR count). The molecule has 0 unspecified atom stereocenters. The maximum atomic E-state index is 12.0. The normalized spacial score (nSPS) is 15.9. The molecular formula is C17H11Cl2NO2. The Kier molecular flexibility index (Phi) is 4.01. The van der Waals surface area contributed by atoms with Crippen LogP contribution in [0.2, 0.25) is 10.0 Å². The summed E-state index contributed by atoms with van der Waals surface area (Å²) >= 11 is 11.8. The van der Waals surface area contributed by atoms with Gasteiger partial charge in [-0.1, -0.05) is 47.5 Å². The molecule has 0 radical (unpaired) electrons. The van der Waals surface area contributed by atoms with E-state index in [1.807, 2.05) is 31.2 Å². The maximum Gasteiger partial charge on any atom is 0.363 e. The molecule has 1 heterocycles. The van der Waals surface area contributed by atoms with Gasteiger partial charge < -0.3 is 4.74 Å². The Morgan fingerprint density at radius 1 is 1.09 bits per heavy atom. The summed E-state index contributed by atoms with van der Waals surface area (Å²) in [4.78, 5) is 16.2. The van der Waals surface area contributed by atoms with E-state index in [0.717, 1.165) is 16.7 Å². The van der Waals surface area contributed by atoms with Gasteiger partial charge in [0.05, 0.1) is 10.0 Å². The summed E-state index contributed by atoms with van der Waals surface area (Å²) in [5.74, 6) is -0.168. The standard InChI is InChI=1S/C17H11Cl2NO2/c1-10-4-2-3-5-12(10)16-20-15(17(21)22-16)9-11-6-7-13(18)14(19)8-11/h2-9H,1H3. The van der Waals surface area contributed by atoms with Gasteiger partial charge in [-0.15, -0.1) is 0 Å². The van der Waals surface area contributed by atoms with E-state index < -0.39 is 5.97 Å². The molecule has 2 aromatic carbocycles. The van der Waals surface area contributed by atoms with Crippen LogP contribution in [0.4, 0.5) is 0 Å². The van der Waals surface area contributed by atoms with Crippen molar-refractivity contribution in [2.75, 3.05) is 0 Å². The second-order valence-corrected chi connectivity index (χ2v) is 5.64. The highest BCUT2D eigenvalue weighted by Crippen LogP contribution is 2.25. The molecule has 22 heavy (non-hydrogen) atoms. The van der Waals surface area contributed by atoms with Crippen LogP contribution in [0.5, 0.6) is 0 Å². The summed E-state index contributed by atoms with van der Waals surface area (Å²) < 4.78 is 5.25. The number of halogens is 2. The lowest BCUT2D eigenvalue weighted by atomic mass is 10.1. The Morgan fingerprint density at radius 3 is 2.59 bits per heavy atom. The number of carbonyl (C=O) groups excluding carboxylic acids is 1. The molecule has 110 valence electrons. The number of carbonyl (C=O) groups is 1. The summed E-state index contributed by atoms with van der Waals surface area (Å²) in [6.07, 6.45) is 1.62. The first-order chi connectivity index (χ1) is 10.5. The summed E-state index contributed by atoms with van der Waals surface area (Å²) in [5.41, 5.74) is 2.76. The average molecular weight is 332 g/mol. The number of benzene rings is 2. The molecule has 0 bridgehead atoms. The number of nitrogens with zero attached hydrogens (tertiary/aromatic N) is 1. The zero-order chi connectivity index (χ0) is 15.7. The first kappa shape index (κ1) is 14.8. The quantitative estimate of drug-likeness (QED) is 0.593. The van der Waals surface area contributed by atoms with Gasteiger partial charge in [0.15, 0.2) is 5.70 Å². The van der Waals surface area contributed by atoms with Crippen LogP contribution in [-0.2, 0) is 9.53 Å². The minimum Gasteiger partial charge on any atom is -0.402 e. The van der Waals surface area contributed by atoms with Crippen molar-refractivity contribution in [3.63, 3.8) is 0 Å². The predicted octanol–water partition coefficient (Wildman–Crippen LogP) is 4.65. The van der Waals surface area contributed by atoms with Crippen molar-refractivity contribution < 1.29 is 9.53 Å². The van der Waals surface area contributed by atoms with E-state index >= 15 is 0 Å². The van der Waals surface area contributed by atoms with E-state index in [1.165, 1.54) is 0 Å². The zero-order valence-electron chi connectivity index (χ0n) is 11.6. The van der Waals surface area contributed by atoms with E-state index in [2.05, 4.69) is 4.99 Å². The van der Waals surface area contributed by atoms with Gasteiger partial charge in [0.25, 0.3) is 0 Å². The van der Waals surface area contributed by atoms with Crippen molar-refractivity contribution in [1.82, 2.24) is 0 Å². The third-order valence-electron chi connectivity index (χ3n) is 3.24. The minimum absolute atomic E-state index is 0.233. The number of hydrogen-bond acceptors (Lipinski definition) is 3. The van der Waals surface area contributed by atoms with Crippen molar-refractivity contribution in [2.24, 2.45) is 4.99 Å². The Morgan fingerprint density at radius 2 is 1.86 bits per heavy atom. The molecule has 0 aliphatic carbocycles. The Bertz CT molecular complexity index is 825. The third-order valence-corrected chi connectivity index (χ3v) is 3.98. The van der Waals surface area contributed by atoms with Crippen LogP contribution in [0, 0.1) is 6.92 Å². The van der Waals surface area contributed by atoms with Crippen LogP contribution < -0.4 is 0 Å². The Balaban J connectivity index is 1.98. The van der Waals surface area contributed by atoms with E-state index in [4.69, 9.17) is 27.9 Å². The maximum absolute atomic E-state index is 12.0. The van der Waals surface area contributed by atoms with Gasteiger partial charge in [0.1, 0.15) is 0 Å². The van der Waals surface area contributed by atoms with Crippen LogP contribution in [0.15, 0.2) is 53.2 Å². The van der Waals surface area contributed by atoms with Crippen LogP contribution in [0.3, 0.4) is 0 Å². The number of ether oxygens (including phenoxy) is 1. The molecule has 0 atom stereocenters. The fraction of sp³-hybridized carbons (Fsp3) is 0.0588. The van der Waals surface area contributed by atoms with Crippen molar-refractivity contribution in [1.29, 1.82) is 0 Å². The fourth-order valence-electron chi connectivity index (χ4n) is 2.10. The van der Waals surface area contributed by atoms with Crippen molar-refractivity contribution >= 4 is 41.1 Å². The van der Waals surface area contributed by atoms with E-state index in [0.29, 0.717) is 15.9 Å². The molecule has 5 heteroatoms. The van der Waals surface area contributed by atoms with Gasteiger partial charge in [-0.3, -0.25) is 0 Å². The predicted molar refractivity (Wildman–Crippen MR) is 88.2 cm³/mol. The molecule has 0 amide bonds. The first-order valence-electron chi connectivity index (χ1n) is 6.58. The molecule has 0 spiro atoms. The Hall–Kier alpha value is -2.10. The van der Waals surface area contributed by atoms with Gasteiger partial charge >= 0.3 is 5.97 Å². The monoisotopic (exact) mass is 331 g/mol. The van der Waals surface area contributed by atoms with Gasteiger partial charge in [-0.2, -0.15) is 0 Å². The molecule has 0 saturated heterocycles. The number of rotatable bonds is 2. The van der Waals surface area contributed by atoms with E-state index in [1.54, 1.807) is 24.3 Å². The van der Waals surface area contributed by atoms with Crippen LogP contribution >= 0.6 is 23.2 Å². The number of aryl methyl sites for hydroxylation is 1. The van der Waals surface area contributed by atoms with Crippen molar-refractivity contribution in [3.8, 4) is 0 Å². The molecule has 3 nitrogen and oxygen atoms in total. The van der Waals surface area contributed by atoms with Crippen LogP contribution in [0.1, 0.15) is 16.7 Å². The lowest BCUT2D eigenvalue weighted by molar-refractivity contribution is -0.129. The molecule has 2 aromatic rings. The van der Waals surface area contributed by atoms with Crippen molar-refractivity contribution in [3.05, 3.63) is 74.9 Å². The van der Waals surface area contributed by atoms with Crippen LogP contribution in [0.25, 0.3) is 6.08 Å². The van der Waals surface area contributed by atoms with Gasteiger partial charge in [-0.25, -0.2) is 9.79 Å². The third kappa shape index (κ3) is 2.91. The minimum atomic E-state index is -0.482. The lowest BCUT2D eigenvalue weighted by Crippen LogP contribution is -2.06. The number of hydrogen-bond donors (Lipinski definition) is 0. The highest BCUT2D eigenvalue weighted by Gasteiger charge is 2.24. The van der Waals surface area contributed by atoms with Gasteiger partial charge in [0.2, 0.25) is 5.90 Å². The van der Waals surface area contributed by atoms with E-state index in [-0.39, 0.29) is 5.70 Å². The zero-order valence-corrected chi connectivity index (χ0v) is 13.2. The number of esters is 1. The SMILES string of the molecule is Cc1ccccc1C1=NC(=Cc2ccc(Cl)c(Cl)c2)C(=O)O1. The topological polar surface area (TPSA) is 38.7 Å². The Labute approximate surface area is 137 Å². The second kappa shape index (κ2) is 5.95. The highest BCUT2D eigenvalue weighted by molar-refractivity contribution is 6.42. The summed E-state index contributed by atoms with van der Waals surface area (Å²) in [5, 5.41) is 0.882. The molecule has 0 aromatic heterocycles. The largest absolute Gasteiger partial charge is 0.402 e. The molecule has 0 N–H and O–H groups in total. The smallest absolute Gasteiger partial charge is 0.363 e. The molecule has 1 aliphatic rings. The highest BCUT2D eigenvalue weighted by atomic mass is 35.5. The second-order valence-electron chi connectivity index (χ2n) is 4.82. The molecule has 0 saturated carbocycles. The molecule has 0 fully saturated rings. The first-order valence-corrected chi connectivity index (χ1v) is 7.34. The number of cyclic esters (lactones) is 1. The van der Waals surface area contributed by atoms with Crippen LogP contribution in [-0.4, -0.2) is 11.9 Å². The summed E-state index contributed by atoms with van der Waals surface area (Å²) in [6.45, 7) is 1.94. The molecule has 1 aliphatic heterocycles. The van der Waals surface area contributed by atoms with Gasteiger partial charge in [-0.05, 0) is 42.3 Å². The number of aliphatic imine (C=N–C) groups is 1. The average Bonchev–Trinajstić information content (AvgIpc) is 2.84. The fourth-order valence-corrected chi connectivity index (χ4v) is 2.40. The van der Waals surface area contributed by atoms with Crippen molar-refractivity contribution in [2.45, 2.75) is 6.92 Å². The summed E-state index contributed by atoms with van der Waals surface area (Å²) in [7, 11) is 0. The lowest BCUT2D eigenvalue weighted by Gasteiger charge is -2.02. The van der Waals surface area contributed by atoms with Gasteiger partial charge in [0, 0.05) is 5.56 Å². The summed E-state index contributed by atoms with van der Waals surface area (Å²) in [6, 6.07) is 12.7. The van der Waals surface area contributed by atoms with E-state index in [9.17, 15) is 4.79 Å².